The number of nitrogens with zero attached hydrogens (tertiary/aromatic N) is 2. The van der Waals surface area contributed by atoms with Gasteiger partial charge in [-0.15, -0.1) is 0 Å². The van der Waals surface area contributed by atoms with Gasteiger partial charge < -0.3 is 15.0 Å². The van der Waals surface area contributed by atoms with Crippen LogP contribution in [0, 0.1) is 0 Å². The van der Waals surface area contributed by atoms with Crippen LogP contribution in [0.4, 0.5) is 0 Å². The van der Waals surface area contributed by atoms with Crippen LogP contribution in [0.25, 0.3) is 0 Å². The predicted octanol–water partition coefficient (Wildman–Crippen LogP) is 3.53. The summed E-state index contributed by atoms with van der Waals surface area (Å²) in [4.78, 5) is 30.1. The van der Waals surface area contributed by atoms with E-state index in [0.717, 1.165) is 56.6 Å². The smallest absolute Gasteiger partial charge is 0.242 e. The van der Waals surface area contributed by atoms with Gasteiger partial charge >= 0.3 is 0 Å². The van der Waals surface area contributed by atoms with Crippen molar-refractivity contribution in [3.63, 3.8) is 0 Å². The summed E-state index contributed by atoms with van der Waals surface area (Å²) >= 11 is 0. The minimum Gasteiger partial charge on any atom is -0.497 e. The minimum atomic E-state index is -0.409. The molecular weight excluding hydrogens is 414 g/mol. The third kappa shape index (κ3) is 6.14. The fourth-order valence-electron chi connectivity index (χ4n) is 4.90. The quantitative estimate of drug-likeness (QED) is 0.627. The molecule has 1 fully saturated rings. The lowest BCUT2D eigenvalue weighted by Crippen LogP contribution is -2.48. The van der Waals surface area contributed by atoms with Gasteiger partial charge in [-0.25, -0.2) is 0 Å². The first-order chi connectivity index (χ1) is 16.1. The van der Waals surface area contributed by atoms with E-state index >= 15 is 0 Å². The Kier molecular flexibility index (Phi) is 8.00. The number of carbonyl (C=O) groups is 2. The second kappa shape index (κ2) is 11.3. The van der Waals surface area contributed by atoms with E-state index in [1.807, 2.05) is 24.3 Å². The Labute approximate surface area is 196 Å². The lowest BCUT2D eigenvalue weighted by atomic mass is 10.00. The highest BCUT2D eigenvalue weighted by Crippen LogP contribution is 2.23. The fraction of sp³-hybridized carbons (Fsp3) is 0.481. The van der Waals surface area contributed by atoms with E-state index < -0.39 is 6.04 Å². The summed E-state index contributed by atoms with van der Waals surface area (Å²) in [6, 6.07) is 16.0. The molecule has 4 rings (SSSR count). The van der Waals surface area contributed by atoms with Crippen LogP contribution >= 0.6 is 0 Å². The molecule has 2 aromatic carbocycles. The van der Waals surface area contributed by atoms with E-state index in [0.29, 0.717) is 25.9 Å². The van der Waals surface area contributed by atoms with Gasteiger partial charge in [0, 0.05) is 39.1 Å². The number of carbonyl (C=O) groups excluding carboxylic acids is 2. The summed E-state index contributed by atoms with van der Waals surface area (Å²) in [6.07, 6.45) is 4.95. The highest BCUT2D eigenvalue weighted by atomic mass is 16.5. The predicted molar refractivity (Wildman–Crippen MR) is 129 cm³/mol. The van der Waals surface area contributed by atoms with Crippen molar-refractivity contribution >= 4 is 11.8 Å². The summed E-state index contributed by atoms with van der Waals surface area (Å²) in [5, 5.41) is 3.11. The third-order valence-corrected chi connectivity index (χ3v) is 6.76. The molecule has 0 aromatic heterocycles. The molecule has 1 unspecified atom stereocenters. The normalized spacial score (nSPS) is 19.0. The molecule has 0 saturated carbocycles. The van der Waals surface area contributed by atoms with Crippen LogP contribution in [0.5, 0.6) is 5.75 Å². The third-order valence-electron chi connectivity index (χ3n) is 6.76. The molecule has 2 aliphatic rings. The van der Waals surface area contributed by atoms with Crippen LogP contribution in [0.15, 0.2) is 48.5 Å². The Morgan fingerprint density at radius 1 is 1.09 bits per heavy atom. The van der Waals surface area contributed by atoms with Crippen LogP contribution in [0.1, 0.15) is 48.8 Å². The van der Waals surface area contributed by atoms with Crippen molar-refractivity contribution in [1.82, 2.24) is 15.1 Å². The first-order valence-electron chi connectivity index (χ1n) is 12.1. The highest BCUT2D eigenvalue weighted by molar-refractivity contribution is 5.88. The zero-order valence-electron chi connectivity index (χ0n) is 19.6. The Morgan fingerprint density at radius 2 is 1.94 bits per heavy atom. The van der Waals surface area contributed by atoms with Crippen molar-refractivity contribution < 1.29 is 14.3 Å². The largest absolute Gasteiger partial charge is 0.497 e. The number of ether oxygens (including phenoxy) is 1. The second-order valence-corrected chi connectivity index (χ2v) is 9.07. The molecule has 1 atom stereocenters. The van der Waals surface area contributed by atoms with E-state index in [1.165, 1.54) is 11.1 Å². The number of fused-ring (bicyclic) bond motifs is 1. The maximum absolute atomic E-state index is 13.1. The Balaban J connectivity index is 1.30. The van der Waals surface area contributed by atoms with Gasteiger partial charge in [0.2, 0.25) is 11.8 Å². The molecule has 6 heteroatoms. The van der Waals surface area contributed by atoms with Crippen LogP contribution in [0.3, 0.4) is 0 Å². The van der Waals surface area contributed by atoms with Crippen molar-refractivity contribution in [2.75, 3.05) is 26.7 Å². The maximum atomic E-state index is 13.1. The Morgan fingerprint density at radius 3 is 2.79 bits per heavy atom. The summed E-state index contributed by atoms with van der Waals surface area (Å²) < 4.78 is 5.32. The molecule has 2 amide bonds. The lowest BCUT2D eigenvalue weighted by molar-refractivity contribution is -0.140. The van der Waals surface area contributed by atoms with Crippen molar-refractivity contribution in [3.05, 3.63) is 65.2 Å². The molecule has 176 valence electrons. The van der Waals surface area contributed by atoms with Gasteiger partial charge in [-0.05, 0) is 54.5 Å². The second-order valence-electron chi connectivity index (χ2n) is 9.07. The van der Waals surface area contributed by atoms with Gasteiger partial charge in [-0.3, -0.25) is 14.5 Å². The first kappa shape index (κ1) is 23.3. The van der Waals surface area contributed by atoms with Gasteiger partial charge in [0.15, 0.2) is 0 Å². The summed E-state index contributed by atoms with van der Waals surface area (Å²) in [6.45, 7) is 4.08. The van der Waals surface area contributed by atoms with Crippen molar-refractivity contribution in [3.8, 4) is 5.75 Å². The molecule has 1 N–H and O–H groups in total. The summed E-state index contributed by atoms with van der Waals surface area (Å²) in [5.74, 6) is 0.788. The van der Waals surface area contributed by atoms with Crippen LogP contribution in [0.2, 0.25) is 0 Å². The number of likely N-dealkylation sites (tertiary alicyclic amines) is 1. The molecule has 1 saturated heterocycles. The SMILES string of the molecule is COc1cccc(CN2C(=O)CCCCC2C(=O)NCCCN2CCc3ccccc3C2)c1. The molecule has 0 bridgehead atoms. The minimum absolute atomic E-state index is 0.0304. The van der Waals surface area contributed by atoms with Gasteiger partial charge in [0.25, 0.3) is 0 Å². The Bertz CT molecular complexity index is 961. The molecule has 2 aliphatic heterocycles. The Hall–Kier alpha value is -2.86. The van der Waals surface area contributed by atoms with Crippen molar-refractivity contribution in [1.29, 1.82) is 0 Å². The number of nitrogens with one attached hydrogen (secondary N) is 1. The monoisotopic (exact) mass is 449 g/mol. The van der Waals surface area contributed by atoms with E-state index in [1.54, 1.807) is 12.0 Å². The van der Waals surface area contributed by atoms with Gasteiger partial charge in [0.1, 0.15) is 11.8 Å². The molecule has 2 aromatic rings. The van der Waals surface area contributed by atoms with Gasteiger partial charge in [-0.1, -0.05) is 42.8 Å². The molecule has 33 heavy (non-hydrogen) atoms. The van der Waals surface area contributed by atoms with Crippen LogP contribution < -0.4 is 10.1 Å². The van der Waals surface area contributed by atoms with E-state index in [-0.39, 0.29) is 11.8 Å². The molecule has 0 aliphatic carbocycles. The lowest BCUT2D eigenvalue weighted by Gasteiger charge is -2.30. The van der Waals surface area contributed by atoms with E-state index in [9.17, 15) is 9.59 Å². The zero-order valence-corrected chi connectivity index (χ0v) is 19.6. The number of hydrogen-bond donors (Lipinski definition) is 1. The average molecular weight is 450 g/mol. The first-order valence-corrected chi connectivity index (χ1v) is 12.1. The number of rotatable bonds is 8. The maximum Gasteiger partial charge on any atom is 0.242 e. The number of hydrogen-bond acceptors (Lipinski definition) is 4. The standard InChI is InChI=1S/C27H35N3O3/c1-33-24-11-6-8-21(18-24)19-30-25(12-4-5-13-26(30)31)27(32)28-15-7-16-29-17-14-22-9-2-3-10-23(22)20-29/h2-3,6,8-11,18,25H,4-5,7,12-17,19-20H2,1H3,(H,28,32). The van der Waals surface area contributed by atoms with Crippen LogP contribution in [-0.2, 0) is 29.1 Å². The van der Waals surface area contributed by atoms with E-state index in [4.69, 9.17) is 4.74 Å². The zero-order chi connectivity index (χ0) is 23.0. The summed E-state index contributed by atoms with van der Waals surface area (Å²) in [5.41, 5.74) is 3.85. The van der Waals surface area contributed by atoms with Crippen molar-refractivity contribution in [2.45, 2.75) is 57.7 Å². The van der Waals surface area contributed by atoms with E-state index in [2.05, 4.69) is 34.5 Å². The molecule has 0 radical (unpaired) electrons. The summed E-state index contributed by atoms with van der Waals surface area (Å²) in [7, 11) is 1.63. The number of methoxy groups -OCH3 is 1. The molecular formula is C27H35N3O3. The molecule has 0 spiro atoms. The molecule has 6 nitrogen and oxygen atoms in total. The van der Waals surface area contributed by atoms with Gasteiger partial charge in [0.05, 0.1) is 7.11 Å². The number of amides is 2. The van der Waals surface area contributed by atoms with Crippen molar-refractivity contribution in [2.24, 2.45) is 0 Å². The van der Waals surface area contributed by atoms with Gasteiger partial charge in [-0.2, -0.15) is 0 Å². The molecule has 2 heterocycles. The van der Waals surface area contributed by atoms with Crippen LogP contribution in [-0.4, -0.2) is 54.4 Å². The topological polar surface area (TPSA) is 61.9 Å². The highest BCUT2D eigenvalue weighted by Gasteiger charge is 2.31. The average Bonchev–Trinajstić information content (AvgIpc) is 3.03. The fourth-order valence-corrected chi connectivity index (χ4v) is 4.90. The number of benzene rings is 2.